The number of carboxylic acid groups (broad SMARTS) is 1. The molecule has 0 aliphatic heterocycles. The lowest BCUT2D eigenvalue weighted by molar-refractivity contribution is -0.137. The van der Waals surface area contributed by atoms with Gasteiger partial charge in [-0.2, -0.15) is 13.2 Å². The number of nitrogens with zero attached hydrogens (tertiary/aromatic N) is 2. The highest BCUT2D eigenvalue weighted by Gasteiger charge is 2.30. The monoisotopic (exact) mass is 442 g/mol. The smallest absolute Gasteiger partial charge is 0.416 e. The SMILES string of the molecule is Cn1c(COc2cccc(C(=O)O)c2)nc2ccc(Oc3cccc(C(F)(F)F)c3)cc21. The molecule has 9 heteroatoms. The number of aromatic nitrogens is 2. The Kier molecular flexibility index (Phi) is 5.48. The fourth-order valence-electron chi connectivity index (χ4n) is 3.15. The van der Waals surface area contributed by atoms with Gasteiger partial charge in [0.1, 0.15) is 29.7 Å². The number of hydrogen-bond acceptors (Lipinski definition) is 4. The summed E-state index contributed by atoms with van der Waals surface area (Å²) in [4.78, 5) is 15.6. The van der Waals surface area contributed by atoms with E-state index in [9.17, 15) is 18.0 Å². The van der Waals surface area contributed by atoms with Gasteiger partial charge in [-0.1, -0.05) is 12.1 Å². The highest BCUT2D eigenvalue weighted by Crippen LogP contribution is 2.33. The number of fused-ring (bicyclic) bond motifs is 1. The van der Waals surface area contributed by atoms with Crippen molar-refractivity contribution < 1.29 is 32.5 Å². The Morgan fingerprint density at radius 2 is 1.72 bits per heavy atom. The van der Waals surface area contributed by atoms with Crippen LogP contribution in [0.4, 0.5) is 13.2 Å². The van der Waals surface area contributed by atoms with Crippen LogP contribution in [-0.4, -0.2) is 20.6 Å². The van der Waals surface area contributed by atoms with Crippen LogP contribution in [-0.2, 0) is 19.8 Å². The van der Waals surface area contributed by atoms with Crippen molar-refractivity contribution in [3.63, 3.8) is 0 Å². The molecule has 6 nitrogen and oxygen atoms in total. The molecule has 0 saturated heterocycles. The molecule has 0 aliphatic rings. The van der Waals surface area contributed by atoms with Crippen LogP contribution < -0.4 is 9.47 Å². The number of carboxylic acids is 1. The summed E-state index contributed by atoms with van der Waals surface area (Å²) in [6.45, 7) is 0.0953. The fraction of sp³-hybridized carbons (Fsp3) is 0.130. The summed E-state index contributed by atoms with van der Waals surface area (Å²) < 4.78 is 51.8. The van der Waals surface area contributed by atoms with Crippen LogP contribution in [0.3, 0.4) is 0 Å². The number of imidazole rings is 1. The zero-order valence-corrected chi connectivity index (χ0v) is 16.8. The van der Waals surface area contributed by atoms with Gasteiger partial charge in [-0.05, 0) is 48.5 Å². The van der Waals surface area contributed by atoms with E-state index in [1.165, 1.54) is 24.3 Å². The second-order valence-corrected chi connectivity index (χ2v) is 6.99. The van der Waals surface area contributed by atoms with Gasteiger partial charge in [-0.15, -0.1) is 0 Å². The molecular formula is C23H17F3N2O4. The second kappa shape index (κ2) is 8.26. The van der Waals surface area contributed by atoms with Crippen molar-refractivity contribution in [1.29, 1.82) is 0 Å². The van der Waals surface area contributed by atoms with Gasteiger partial charge < -0.3 is 19.1 Å². The van der Waals surface area contributed by atoms with Gasteiger partial charge in [0.2, 0.25) is 0 Å². The Hall–Kier alpha value is -4.01. The molecule has 0 atom stereocenters. The normalized spacial score (nSPS) is 11.5. The van der Waals surface area contributed by atoms with E-state index in [1.807, 2.05) is 0 Å². The Balaban J connectivity index is 1.54. The molecule has 4 rings (SSSR count). The second-order valence-electron chi connectivity index (χ2n) is 6.99. The number of aryl methyl sites for hydroxylation is 1. The molecule has 0 unspecified atom stereocenters. The molecule has 4 aromatic rings. The molecule has 0 saturated carbocycles. The molecule has 0 amide bonds. The van der Waals surface area contributed by atoms with E-state index in [0.717, 1.165) is 12.1 Å². The van der Waals surface area contributed by atoms with E-state index in [2.05, 4.69) is 4.98 Å². The largest absolute Gasteiger partial charge is 0.486 e. The van der Waals surface area contributed by atoms with Gasteiger partial charge in [0.15, 0.2) is 0 Å². The number of alkyl halides is 3. The van der Waals surface area contributed by atoms with Gasteiger partial charge in [0, 0.05) is 13.1 Å². The summed E-state index contributed by atoms with van der Waals surface area (Å²) in [6.07, 6.45) is -4.45. The van der Waals surface area contributed by atoms with E-state index in [0.29, 0.717) is 28.4 Å². The summed E-state index contributed by atoms with van der Waals surface area (Å²) >= 11 is 0. The highest BCUT2D eigenvalue weighted by atomic mass is 19.4. The lowest BCUT2D eigenvalue weighted by atomic mass is 10.2. The van der Waals surface area contributed by atoms with Crippen molar-refractivity contribution in [2.24, 2.45) is 7.05 Å². The summed E-state index contributed by atoms with van der Waals surface area (Å²) in [7, 11) is 1.77. The molecular weight excluding hydrogens is 425 g/mol. The van der Waals surface area contributed by atoms with Crippen molar-refractivity contribution in [1.82, 2.24) is 9.55 Å². The van der Waals surface area contributed by atoms with Crippen molar-refractivity contribution >= 4 is 17.0 Å². The van der Waals surface area contributed by atoms with Crippen molar-refractivity contribution in [3.05, 3.63) is 83.7 Å². The predicted molar refractivity (Wildman–Crippen MR) is 110 cm³/mol. The number of rotatable bonds is 6. The molecule has 3 aromatic carbocycles. The average Bonchev–Trinajstić information content (AvgIpc) is 3.07. The molecule has 0 bridgehead atoms. The van der Waals surface area contributed by atoms with Crippen molar-refractivity contribution in [3.8, 4) is 17.2 Å². The maximum atomic E-state index is 12.9. The molecule has 0 aliphatic carbocycles. The fourth-order valence-corrected chi connectivity index (χ4v) is 3.15. The zero-order chi connectivity index (χ0) is 22.9. The third kappa shape index (κ3) is 4.51. The molecule has 1 heterocycles. The Morgan fingerprint density at radius 3 is 2.47 bits per heavy atom. The predicted octanol–water partition coefficient (Wildman–Crippen LogP) is 5.66. The number of ether oxygens (including phenoxy) is 2. The van der Waals surface area contributed by atoms with Crippen molar-refractivity contribution in [2.45, 2.75) is 12.8 Å². The minimum atomic E-state index is -4.45. The maximum Gasteiger partial charge on any atom is 0.416 e. The van der Waals surface area contributed by atoms with E-state index >= 15 is 0 Å². The average molecular weight is 442 g/mol. The van der Waals surface area contributed by atoms with E-state index < -0.39 is 17.7 Å². The highest BCUT2D eigenvalue weighted by molar-refractivity contribution is 5.88. The number of halogens is 3. The Labute approximate surface area is 180 Å². The zero-order valence-electron chi connectivity index (χ0n) is 16.8. The lowest BCUT2D eigenvalue weighted by Crippen LogP contribution is -2.04. The van der Waals surface area contributed by atoms with Crippen LogP contribution in [0.5, 0.6) is 17.2 Å². The van der Waals surface area contributed by atoms with Crippen molar-refractivity contribution in [2.75, 3.05) is 0 Å². The first-order chi connectivity index (χ1) is 15.2. The maximum absolute atomic E-state index is 12.9. The Morgan fingerprint density at radius 1 is 1.00 bits per heavy atom. The summed E-state index contributed by atoms with van der Waals surface area (Å²) in [6, 6.07) is 15.8. The molecule has 0 spiro atoms. The number of aromatic carboxylic acids is 1. The van der Waals surface area contributed by atoms with Crippen LogP contribution in [0.2, 0.25) is 0 Å². The van der Waals surface area contributed by atoms with E-state index in [-0.39, 0.29) is 17.9 Å². The summed E-state index contributed by atoms with van der Waals surface area (Å²) in [5, 5.41) is 9.08. The third-order valence-electron chi connectivity index (χ3n) is 4.79. The number of hydrogen-bond donors (Lipinski definition) is 1. The van der Waals surface area contributed by atoms with Crippen LogP contribution in [0.1, 0.15) is 21.7 Å². The molecule has 32 heavy (non-hydrogen) atoms. The first kappa shape index (κ1) is 21.2. The van der Waals surface area contributed by atoms with Crippen LogP contribution in [0.25, 0.3) is 11.0 Å². The van der Waals surface area contributed by atoms with E-state index in [1.54, 1.807) is 41.9 Å². The first-order valence-corrected chi connectivity index (χ1v) is 9.47. The third-order valence-corrected chi connectivity index (χ3v) is 4.79. The number of benzene rings is 3. The molecule has 1 aromatic heterocycles. The molecule has 0 fully saturated rings. The topological polar surface area (TPSA) is 73.6 Å². The van der Waals surface area contributed by atoms with E-state index in [4.69, 9.17) is 14.6 Å². The number of carbonyl (C=O) groups is 1. The van der Waals surface area contributed by atoms with Gasteiger partial charge in [-0.3, -0.25) is 0 Å². The molecule has 164 valence electrons. The minimum absolute atomic E-state index is 0.0724. The minimum Gasteiger partial charge on any atom is -0.486 e. The molecule has 0 radical (unpaired) electrons. The standard InChI is InChI=1S/C23H17F3N2O4/c1-28-20-12-18(32-17-7-3-5-15(11-17)23(24,25)26)8-9-19(20)27-21(28)13-31-16-6-2-4-14(10-16)22(29)30/h2-12H,13H2,1H3,(H,29,30). The van der Waals surface area contributed by atoms with Gasteiger partial charge in [0.05, 0.1) is 22.2 Å². The van der Waals surface area contributed by atoms with Gasteiger partial charge >= 0.3 is 12.1 Å². The molecule has 1 N–H and O–H groups in total. The van der Waals surface area contributed by atoms with Crippen LogP contribution in [0.15, 0.2) is 66.7 Å². The lowest BCUT2D eigenvalue weighted by Gasteiger charge is -2.10. The quantitative estimate of drug-likeness (QED) is 0.417. The summed E-state index contributed by atoms with van der Waals surface area (Å²) in [5.74, 6) is 0.360. The Bertz CT molecular complexity index is 1300. The van der Waals surface area contributed by atoms with Crippen LogP contribution in [0, 0.1) is 0 Å². The summed E-state index contributed by atoms with van der Waals surface area (Å²) in [5.41, 5.74) is 0.682. The van der Waals surface area contributed by atoms with Gasteiger partial charge in [-0.25, -0.2) is 9.78 Å². The van der Waals surface area contributed by atoms with Crippen LogP contribution >= 0.6 is 0 Å². The first-order valence-electron chi connectivity index (χ1n) is 9.47. The van der Waals surface area contributed by atoms with Gasteiger partial charge in [0.25, 0.3) is 0 Å².